The van der Waals surface area contributed by atoms with Crippen molar-refractivity contribution in [2.75, 3.05) is 0 Å². The summed E-state index contributed by atoms with van der Waals surface area (Å²) in [6, 6.07) is 12.3. The van der Waals surface area contributed by atoms with Crippen LogP contribution in [0.1, 0.15) is 90.8 Å². The Bertz CT molecular complexity index is 2940. The summed E-state index contributed by atoms with van der Waals surface area (Å²) in [6.07, 6.45) is 0. The van der Waals surface area contributed by atoms with Gasteiger partial charge in [0, 0.05) is 36.2 Å². The molecule has 8 aromatic rings. The number of hydrogen-bond donors (Lipinski definition) is 0. The van der Waals surface area contributed by atoms with Crippen LogP contribution in [0.2, 0.25) is 0 Å². The van der Waals surface area contributed by atoms with Gasteiger partial charge >= 0.3 is 0 Å². The van der Waals surface area contributed by atoms with Crippen molar-refractivity contribution in [3.8, 4) is 62.3 Å². The van der Waals surface area contributed by atoms with Gasteiger partial charge in [0.25, 0.3) is 0 Å². The second kappa shape index (κ2) is 12.0. The van der Waals surface area contributed by atoms with Crippen molar-refractivity contribution in [3.05, 3.63) is 69.6 Å². The molecule has 0 unspecified atom stereocenters. The highest BCUT2D eigenvalue weighted by Crippen LogP contribution is 2.59. The Morgan fingerprint density at radius 3 is 1.55 bits per heavy atom. The van der Waals surface area contributed by atoms with Gasteiger partial charge in [-0.25, -0.2) is 8.78 Å². The number of nitrogens with zero attached hydrogens (tertiary/aromatic N) is 4. The topological polar surface area (TPSA) is 70.0 Å². The van der Waals surface area contributed by atoms with E-state index < -0.39 is 22.8 Å². The molecule has 0 fully saturated rings. The maximum atomic E-state index is 16.9. The van der Waals surface area contributed by atoms with Gasteiger partial charge in [-0.3, -0.25) is 0 Å². The molecule has 0 amide bonds. The molecule has 2 aliphatic rings. The zero-order valence-corrected chi connectivity index (χ0v) is 37.2. The monoisotopic (exact) mass is 858 g/mol. The number of aromatic nitrogens is 4. The summed E-state index contributed by atoms with van der Waals surface area (Å²) in [4.78, 5) is 7.34. The van der Waals surface area contributed by atoms with Gasteiger partial charge in [-0.15, -0.1) is 45.3 Å². The van der Waals surface area contributed by atoms with Crippen LogP contribution in [0.5, 0.6) is 11.5 Å². The summed E-state index contributed by atoms with van der Waals surface area (Å²) in [7, 11) is 0. The average molecular weight is 859 g/mol. The molecular weight excluding hydrogens is 823 g/mol. The van der Waals surface area contributed by atoms with Crippen LogP contribution in [0.25, 0.3) is 72.9 Å². The van der Waals surface area contributed by atoms with Gasteiger partial charge in [-0.05, 0) is 68.4 Å². The lowest BCUT2D eigenvalue weighted by Gasteiger charge is -2.31. The molecular formula is C42H36F2N4O2S6. The molecule has 56 heavy (non-hydrogen) atoms. The zero-order chi connectivity index (χ0) is 39.4. The number of thiophene rings is 4. The number of rotatable bonds is 3. The average Bonchev–Trinajstić information content (AvgIpc) is 3.94. The fourth-order valence-corrected chi connectivity index (χ4v) is 14.1. The minimum atomic E-state index is -0.935. The van der Waals surface area contributed by atoms with E-state index >= 15 is 8.78 Å². The summed E-state index contributed by atoms with van der Waals surface area (Å²) in [6.45, 7) is 21.1. The Kier molecular flexibility index (Phi) is 7.82. The Morgan fingerprint density at radius 2 is 1.02 bits per heavy atom. The third-order valence-corrected chi connectivity index (χ3v) is 17.0. The maximum absolute atomic E-state index is 16.9. The van der Waals surface area contributed by atoms with Gasteiger partial charge in [0.15, 0.2) is 11.6 Å². The van der Waals surface area contributed by atoms with Crippen molar-refractivity contribution >= 4 is 90.9 Å². The largest absolute Gasteiger partial charge is 0.482 e. The van der Waals surface area contributed by atoms with E-state index in [0.717, 1.165) is 80.9 Å². The summed E-state index contributed by atoms with van der Waals surface area (Å²) in [5, 5.41) is 0. The molecule has 14 heteroatoms. The Labute approximate surface area is 347 Å². The zero-order valence-electron chi connectivity index (χ0n) is 32.3. The predicted octanol–water partition coefficient (Wildman–Crippen LogP) is 14.4. The minimum absolute atomic E-state index is 0.0562. The molecule has 0 aliphatic carbocycles. The third-order valence-electron chi connectivity index (χ3n) is 10.6. The van der Waals surface area contributed by atoms with Crippen LogP contribution < -0.4 is 9.47 Å². The standard InChI is InChI=1S/C42H36F2N4O2S6/c1-39(2,3)18-12-11-17(31-32(18)46-55-45-31)23-15-21-37(51-23)35-19(41(7,8)49-21)13-24(52-35)27-29(43)30(44)28(34-33(27)47-56-48-34)25-14-20-36(53-25)38-22(50-42(20,9)10)16-26(54-38)40(4,5)6/h11-16H,1-10H3. The molecule has 2 aliphatic heterocycles. The van der Waals surface area contributed by atoms with Crippen molar-refractivity contribution in [2.45, 2.75) is 91.3 Å². The second-order valence-corrected chi connectivity index (χ2v) is 22.8. The van der Waals surface area contributed by atoms with Crippen LogP contribution in [0.4, 0.5) is 8.78 Å². The van der Waals surface area contributed by atoms with Crippen LogP contribution in [-0.2, 0) is 22.0 Å². The molecule has 8 heterocycles. The van der Waals surface area contributed by atoms with Gasteiger partial charge in [0.1, 0.15) is 44.8 Å². The number of ether oxygens (including phenoxy) is 2. The molecule has 0 bridgehead atoms. The van der Waals surface area contributed by atoms with Crippen molar-refractivity contribution in [2.24, 2.45) is 0 Å². The summed E-state index contributed by atoms with van der Waals surface area (Å²) in [5.41, 5.74) is 5.23. The van der Waals surface area contributed by atoms with Crippen LogP contribution in [-0.4, -0.2) is 17.5 Å². The molecule has 6 nitrogen and oxygen atoms in total. The van der Waals surface area contributed by atoms with E-state index in [1.165, 1.54) is 39.3 Å². The summed E-state index contributed by atoms with van der Waals surface area (Å²) < 4.78 is 65.5. The molecule has 286 valence electrons. The molecule has 0 saturated carbocycles. The van der Waals surface area contributed by atoms with Crippen molar-refractivity contribution in [1.82, 2.24) is 17.5 Å². The molecule has 2 aromatic carbocycles. The molecule has 0 N–H and O–H groups in total. The fourth-order valence-electron chi connectivity index (χ4n) is 7.70. The Balaban J connectivity index is 1.10. The van der Waals surface area contributed by atoms with Crippen LogP contribution in [0.15, 0.2) is 36.4 Å². The first-order valence-corrected chi connectivity index (χ1v) is 22.9. The summed E-state index contributed by atoms with van der Waals surface area (Å²) in [5.74, 6) is -0.281. The van der Waals surface area contributed by atoms with E-state index in [0.29, 0.717) is 20.8 Å². The van der Waals surface area contributed by atoms with Crippen LogP contribution in [0.3, 0.4) is 0 Å². The van der Waals surface area contributed by atoms with Crippen LogP contribution >= 0.6 is 68.8 Å². The SMILES string of the molecule is CC(C)(C)c1cc2c(s1)-c1sc(-c3c(F)c(F)c(-c4cc5c(s4)-c4sc(-c6ccc(C(C)(C)C)c7nsnc67)cc4OC5(C)C)c4nsnc34)cc1C(C)(C)O2. The normalized spacial score (nSPS) is 15.7. The van der Waals surface area contributed by atoms with E-state index in [-0.39, 0.29) is 22.0 Å². The highest BCUT2D eigenvalue weighted by molar-refractivity contribution is 7.26. The summed E-state index contributed by atoms with van der Waals surface area (Å²) >= 11 is 8.39. The third kappa shape index (κ3) is 5.35. The van der Waals surface area contributed by atoms with E-state index in [2.05, 4.69) is 78.9 Å². The predicted molar refractivity (Wildman–Crippen MR) is 232 cm³/mol. The molecule has 6 aromatic heterocycles. The molecule has 10 rings (SSSR count). The van der Waals surface area contributed by atoms with Gasteiger partial charge in [-0.1, -0.05) is 53.7 Å². The quantitative estimate of drug-likeness (QED) is 0.176. The lowest BCUT2D eigenvalue weighted by Crippen LogP contribution is -2.27. The number of benzene rings is 2. The number of halogens is 2. The van der Waals surface area contributed by atoms with Gasteiger partial charge in [0.05, 0.1) is 54.1 Å². The number of fused-ring (bicyclic) bond motifs is 8. The van der Waals surface area contributed by atoms with E-state index in [9.17, 15) is 0 Å². The second-order valence-electron chi connectivity index (χ2n) is 17.5. The van der Waals surface area contributed by atoms with Crippen molar-refractivity contribution in [3.63, 3.8) is 0 Å². The van der Waals surface area contributed by atoms with Gasteiger partial charge < -0.3 is 9.47 Å². The van der Waals surface area contributed by atoms with Gasteiger partial charge in [-0.2, -0.15) is 17.5 Å². The lowest BCUT2D eigenvalue weighted by atomic mass is 9.85. The fraction of sp³-hybridized carbons (Fsp3) is 0.333. The van der Waals surface area contributed by atoms with Gasteiger partial charge in [0.2, 0.25) is 0 Å². The molecule has 0 radical (unpaired) electrons. The first-order chi connectivity index (χ1) is 26.3. The maximum Gasteiger partial charge on any atom is 0.170 e. The molecule has 0 saturated heterocycles. The first-order valence-electron chi connectivity index (χ1n) is 18.2. The highest BCUT2D eigenvalue weighted by Gasteiger charge is 2.40. The van der Waals surface area contributed by atoms with Crippen LogP contribution in [0, 0.1) is 11.6 Å². The first kappa shape index (κ1) is 36.7. The smallest absolute Gasteiger partial charge is 0.170 e. The minimum Gasteiger partial charge on any atom is -0.482 e. The lowest BCUT2D eigenvalue weighted by molar-refractivity contribution is 0.107. The Morgan fingerprint density at radius 1 is 0.536 bits per heavy atom. The Hall–Kier alpha value is -3.66. The van der Waals surface area contributed by atoms with E-state index in [1.807, 2.05) is 39.8 Å². The van der Waals surface area contributed by atoms with Crippen molar-refractivity contribution < 1.29 is 18.3 Å². The van der Waals surface area contributed by atoms with E-state index in [4.69, 9.17) is 13.8 Å². The van der Waals surface area contributed by atoms with Crippen molar-refractivity contribution in [1.29, 1.82) is 0 Å². The number of hydrogen-bond acceptors (Lipinski definition) is 12. The highest BCUT2D eigenvalue weighted by atomic mass is 32.1. The molecule has 0 spiro atoms. The molecule has 0 atom stereocenters. The van der Waals surface area contributed by atoms with E-state index in [1.54, 1.807) is 22.7 Å².